The molecule has 0 spiro atoms. The SMILES string of the molecule is Cc1cc(Br)cc(Br)c1N=P1(N2CCOCC2)/C(=C2/N(C)c3ccc(Br)cc3C2(C)C)C=NN1c1ccc(Br)cc1. The summed E-state index contributed by atoms with van der Waals surface area (Å²) in [5.41, 5.74) is 6.49. The number of hydrogen-bond donors (Lipinski definition) is 0. The van der Waals surface area contributed by atoms with Crippen LogP contribution in [0.1, 0.15) is 25.0 Å². The first-order chi connectivity index (χ1) is 19.5. The molecule has 6 nitrogen and oxygen atoms in total. The number of aryl methyl sites for hydroxylation is 1. The molecule has 3 heterocycles. The van der Waals surface area contributed by atoms with Crippen LogP contribution in [0.3, 0.4) is 0 Å². The zero-order chi connectivity index (χ0) is 29.1. The maximum Gasteiger partial charge on any atom is 0.180 e. The molecule has 3 aliphatic heterocycles. The second-order valence-electron chi connectivity index (χ2n) is 10.9. The van der Waals surface area contributed by atoms with Gasteiger partial charge in [0.15, 0.2) is 7.36 Å². The number of hydrazone groups is 1. The van der Waals surface area contributed by atoms with Gasteiger partial charge in [0.25, 0.3) is 0 Å². The van der Waals surface area contributed by atoms with Crippen LogP contribution < -0.4 is 9.68 Å². The Hall–Kier alpha value is -1.26. The molecular formula is C30H30Br4N5OP. The van der Waals surface area contributed by atoms with Crippen molar-refractivity contribution in [1.29, 1.82) is 0 Å². The Morgan fingerprint density at radius 2 is 1.59 bits per heavy atom. The highest BCUT2D eigenvalue weighted by Gasteiger charge is 2.50. The van der Waals surface area contributed by atoms with E-state index in [0.29, 0.717) is 13.2 Å². The Morgan fingerprint density at radius 3 is 2.27 bits per heavy atom. The first-order valence-electron chi connectivity index (χ1n) is 13.3. The molecule has 0 saturated carbocycles. The summed E-state index contributed by atoms with van der Waals surface area (Å²) in [5, 5.41) is 6.35. The molecule has 1 atom stereocenters. The van der Waals surface area contributed by atoms with Gasteiger partial charge in [0.1, 0.15) is 0 Å². The summed E-state index contributed by atoms with van der Waals surface area (Å²) in [6, 6.07) is 19.2. The van der Waals surface area contributed by atoms with Gasteiger partial charge in [-0.05, 0) is 88.6 Å². The molecule has 0 N–H and O–H groups in total. The van der Waals surface area contributed by atoms with Crippen molar-refractivity contribution < 1.29 is 4.74 Å². The van der Waals surface area contributed by atoms with Gasteiger partial charge in [-0.2, -0.15) is 5.10 Å². The highest BCUT2D eigenvalue weighted by Crippen LogP contribution is 2.71. The summed E-state index contributed by atoms with van der Waals surface area (Å²) in [6.45, 7) is 9.59. The molecule has 0 aromatic heterocycles. The molecule has 1 unspecified atom stereocenters. The van der Waals surface area contributed by atoms with Crippen LogP contribution in [-0.2, 0) is 10.2 Å². The van der Waals surface area contributed by atoms with Crippen LogP contribution in [-0.4, -0.2) is 44.2 Å². The van der Waals surface area contributed by atoms with E-state index >= 15 is 0 Å². The number of hydrogen-bond acceptors (Lipinski definition) is 4. The number of likely N-dealkylation sites (N-methyl/N-ethyl adjacent to an activating group) is 1. The van der Waals surface area contributed by atoms with E-state index in [1.165, 1.54) is 16.9 Å². The summed E-state index contributed by atoms with van der Waals surface area (Å²) in [4.78, 5) is 2.35. The van der Waals surface area contributed by atoms with Crippen LogP contribution in [0.25, 0.3) is 0 Å². The third-order valence-electron chi connectivity index (χ3n) is 7.94. The van der Waals surface area contributed by atoms with Crippen molar-refractivity contribution in [1.82, 2.24) is 4.67 Å². The predicted molar refractivity (Wildman–Crippen MR) is 186 cm³/mol. The van der Waals surface area contributed by atoms with E-state index < -0.39 is 7.36 Å². The number of allylic oxidation sites excluding steroid dienone is 2. The van der Waals surface area contributed by atoms with E-state index in [9.17, 15) is 0 Å². The molecule has 0 bridgehead atoms. The van der Waals surface area contributed by atoms with Crippen LogP contribution in [0, 0.1) is 6.92 Å². The van der Waals surface area contributed by atoms with Gasteiger partial charge in [-0.15, -0.1) is 0 Å². The summed E-state index contributed by atoms with van der Waals surface area (Å²) < 4.78 is 20.5. The van der Waals surface area contributed by atoms with Crippen LogP contribution in [0.5, 0.6) is 0 Å². The van der Waals surface area contributed by atoms with Crippen molar-refractivity contribution in [2.75, 3.05) is 43.0 Å². The molecule has 3 aliphatic rings. The fraction of sp³-hybridized carbons (Fsp3) is 0.300. The second kappa shape index (κ2) is 11.3. The summed E-state index contributed by atoms with van der Waals surface area (Å²) in [5.74, 6) is 0. The third-order valence-corrected chi connectivity index (χ3v) is 13.5. The summed E-state index contributed by atoms with van der Waals surface area (Å²) in [6.07, 6.45) is 2.07. The molecule has 1 fully saturated rings. The number of anilines is 2. The van der Waals surface area contributed by atoms with Gasteiger partial charge in [-0.3, -0.25) is 0 Å². The first kappa shape index (κ1) is 29.8. The van der Waals surface area contributed by atoms with Gasteiger partial charge in [0.05, 0.1) is 36.1 Å². The lowest BCUT2D eigenvalue weighted by Crippen LogP contribution is -2.38. The number of ether oxygens (including phenoxy) is 1. The van der Waals surface area contributed by atoms with E-state index in [1.807, 2.05) is 0 Å². The summed E-state index contributed by atoms with van der Waals surface area (Å²) in [7, 11) is -0.547. The lowest BCUT2D eigenvalue weighted by atomic mass is 9.84. The first-order valence-corrected chi connectivity index (χ1v) is 18.2. The maximum atomic E-state index is 5.88. The van der Waals surface area contributed by atoms with Crippen LogP contribution in [0.2, 0.25) is 0 Å². The minimum absolute atomic E-state index is 0.274. The van der Waals surface area contributed by atoms with E-state index in [-0.39, 0.29) is 5.41 Å². The minimum atomic E-state index is -2.72. The van der Waals surface area contributed by atoms with Crippen molar-refractivity contribution >= 4 is 94.4 Å². The zero-order valence-electron chi connectivity index (χ0n) is 23.2. The highest BCUT2D eigenvalue weighted by molar-refractivity contribution is 9.11. The zero-order valence-corrected chi connectivity index (χ0v) is 30.4. The molecule has 11 heteroatoms. The van der Waals surface area contributed by atoms with E-state index in [0.717, 1.165) is 53.2 Å². The van der Waals surface area contributed by atoms with Gasteiger partial charge in [-0.1, -0.05) is 61.6 Å². The van der Waals surface area contributed by atoms with Crippen LogP contribution >= 0.6 is 71.1 Å². The van der Waals surface area contributed by atoms with Crippen molar-refractivity contribution in [3.8, 4) is 0 Å². The van der Waals surface area contributed by atoms with Crippen molar-refractivity contribution in [3.63, 3.8) is 0 Å². The smallest absolute Gasteiger partial charge is 0.180 e. The largest absolute Gasteiger partial charge is 0.379 e. The highest BCUT2D eigenvalue weighted by atomic mass is 79.9. The second-order valence-corrected chi connectivity index (χ2v) is 17.2. The normalized spacial score (nSPS) is 23.8. The number of halogens is 4. The molecule has 0 aliphatic carbocycles. The number of fused-ring (bicyclic) bond motifs is 1. The van der Waals surface area contributed by atoms with Gasteiger partial charge in [0.2, 0.25) is 0 Å². The van der Waals surface area contributed by atoms with E-state index in [1.54, 1.807) is 0 Å². The molecule has 0 amide bonds. The van der Waals surface area contributed by atoms with Gasteiger partial charge in [0, 0.05) is 54.8 Å². The fourth-order valence-electron chi connectivity index (χ4n) is 6.05. The lowest BCUT2D eigenvalue weighted by Gasteiger charge is -2.43. The Labute approximate surface area is 275 Å². The van der Waals surface area contributed by atoms with E-state index in [2.05, 4.69) is 167 Å². The van der Waals surface area contributed by atoms with Crippen molar-refractivity contribution in [3.05, 3.63) is 94.6 Å². The number of benzene rings is 3. The molecule has 6 rings (SSSR count). The average molecular weight is 827 g/mol. The number of rotatable bonds is 3. The van der Waals surface area contributed by atoms with Gasteiger partial charge >= 0.3 is 0 Å². The predicted octanol–water partition coefficient (Wildman–Crippen LogP) is 10.2. The van der Waals surface area contributed by atoms with Crippen LogP contribution in [0.15, 0.2) is 93.3 Å². The fourth-order valence-corrected chi connectivity index (χ4v) is 12.2. The molecule has 1 saturated heterocycles. The topological polar surface area (TPSA) is 43.7 Å². The molecule has 0 radical (unpaired) electrons. The Kier molecular flexibility index (Phi) is 8.24. The molecule has 41 heavy (non-hydrogen) atoms. The summed E-state index contributed by atoms with van der Waals surface area (Å²) >= 11 is 14.9. The van der Waals surface area contributed by atoms with Crippen molar-refractivity contribution in [2.45, 2.75) is 26.2 Å². The number of nitrogens with zero attached hydrogens (tertiary/aromatic N) is 5. The Bertz CT molecular complexity index is 1620. The quantitative estimate of drug-likeness (QED) is 0.247. The monoisotopic (exact) mass is 823 g/mol. The molecule has 214 valence electrons. The van der Waals surface area contributed by atoms with Crippen molar-refractivity contribution in [2.24, 2.45) is 9.85 Å². The molecular weight excluding hydrogens is 797 g/mol. The van der Waals surface area contributed by atoms with Crippen LogP contribution in [0.4, 0.5) is 17.1 Å². The molecule has 3 aromatic carbocycles. The molecule has 3 aromatic rings. The number of morpholine rings is 1. The standard InChI is InChI=1S/C30H30Br4N5OP/c1-19-15-22(33)17-25(34)28(19)36-41(38-11-13-40-14-12-38)27(18-35-39(41)23-8-5-20(31)6-9-23)29-30(2,3)24-16-21(32)7-10-26(24)37(29)4/h5-10,15-18H,11-14H2,1-4H3/b29-27+. The Morgan fingerprint density at radius 1 is 0.902 bits per heavy atom. The lowest BCUT2D eigenvalue weighted by molar-refractivity contribution is 0.0743. The van der Waals surface area contributed by atoms with Gasteiger partial charge in [-0.25, -0.2) is 14.2 Å². The van der Waals surface area contributed by atoms with Gasteiger partial charge < -0.3 is 9.64 Å². The van der Waals surface area contributed by atoms with E-state index in [4.69, 9.17) is 14.6 Å². The Balaban J connectivity index is 1.72. The minimum Gasteiger partial charge on any atom is -0.379 e. The third kappa shape index (κ3) is 5.05. The maximum absolute atomic E-state index is 5.88. The average Bonchev–Trinajstić information content (AvgIpc) is 3.39.